The third-order valence-electron chi connectivity index (χ3n) is 3.60. The topological polar surface area (TPSA) is 73.6 Å². The van der Waals surface area contributed by atoms with Crippen molar-refractivity contribution < 1.29 is 4.39 Å². The molecule has 26 heavy (non-hydrogen) atoms. The minimum absolute atomic E-state index is 0.0502. The normalized spacial score (nSPS) is 10.4. The summed E-state index contributed by atoms with van der Waals surface area (Å²) in [6, 6.07) is 17.9. The van der Waals surface area contributed by atoms with Crippen LogP contribution in [-0.4, -0.2) is 16.0 Å². The van der Waals surface area contributed by atoms with Crippen LogP contribution in [0.5, 0.6) is 0 Å². The predicted molar refractivity (Wildman–Crippen MR) is 101 cm³/mol. The molecule has 0 bridgehead atoms. The van der Waals surface area contributed by atoms with Gasteiger partial charge in [-0.1, -0.05) is 36.4 Å². The second-order valence-corrected chi connectivity index (χ2v) is 6.03. The Morgan fingerprint density at radius 3 is 2.50 bits per heavy atom. The highest BCUT2D eigenvalue weighted by molar-refractivity contribution is 5.70. The molecule has 0 aliphatic rings. The minimum atomic E-state index is -0.574. The number of benzene rings is 2. The molecule has 0 aliphatic carbocycles. The molecule has 6 heteroatoms. The monoisotopic (exact) mass is 347 g/mol. The van der Waals surface area contributed by atoms with E-state index in [2.05, 4.69) is 20.6 Å². The maximum Gasteiger partial charge on any atom is 0.225 e. The summed E-state index contributed by atoms with van der Waals surface area (Å²) in [6.45, 7) is 3.98. The summed E-state index contributed by atoms with van der Waals surface area (Å²) in [6.07, 6.45) is 0. The van der Waals surface area contributed by atoms with Crippen molar-refractivity contribution in [2.24, 2.45) is 0 Å². The molecule has 3 aromatic rings. The lowest BCUT2D eigenvalue weighted by Crippen LogP contribution is -2.13. The quantitative estimate of drug-likeness (QED) is 0.699. The van der Waals surface area contributed by atoms with Crippen molar-refractivity contribution in [2.45, 2.75) is 19.9 Å². The van der Waals surface area contributed by atoms with Gasteiger partial charge in [-0.2, -0.15) is 10.2 Å². The number of aromatic nitrogens is 2. The number of halogens is 1. The molecular weight excluding hydrogens is 329 g/mol. The maximum absolute atomic E-state index is 13.8. The first-order valence-electron chi connectivity index (χ1n) is 8.23. The van der Waals surface area contributed by atoms with Gasteiger partial charge in [0.05, 0.1) is 11.4 Å². The van der Waals surface area contributed by atoms with Crippen molar-refractivity contribution >= 4 is 17.5 Å². The fraction of sp³-hybridized carbons (Fsp3) is 0.150. The Morgan fingerprint density at radius 1 is 1.04 bits per heavy atom. The Hall–Kier alpha value is -3.46. The first-order valence-corrected chi connectivity index (χ1v) is 8.23. The van der Waals surface area contributed by atoms with E-state index < -0.39 is 5.82 Å². The molecule has 5 nitrogen and oxygen atoms in total. The Kier molecular flexibility index (Phi) is 5.09. The second-order valence-electron chi connectivity index (χ2n) is 6.03. The Bertz CT molecular complexity index is 948. The van der Waals surface area contributed by atoms with E-state index >= 15 is 0 Å². The number of anilines is 3. The van der Waals surface area contributed by atoms with Crippen LogP contribution in [0.1, 0.15) is 19.4 Å². The summed E-state index contributed by atoms with van der Waals surface area (Å²) in [5, 5.41) is 15.4. The molecule has 2 N–H and O–H groups in total. The van der Waals surface area contributed by atoms with E-state index in [-0.39, 0.29) is 11.6 Å². The molecule has 0 radical (unpaired) electrons. The maximum atomic E-state index is 13.8. The molecule has 0 saturated carbocycles. The molecular formula is C20H18FN5. The summed E-state index contributed by atoms with van der Waals surface area (Å²) in [7, 11) is 0. The minimum Gasteiger partial charge on any atom is -0.352 e. The van der Waals surface area contributed by atoms with Gasteiger partial charge < -0.3 is 10.6 Å². The Balaban J connectivity index is 2.04. The molecule has 0 amide bonds. The summed E-state index contributed by atoms with van der Waals surface area (Å²) < 4.78 is 13.8. The van der Waals surface area contributed by atoms with Crippen molar-refractivity contribution in [2.75, 3.05) is 10.6 Å². The van der Waals surface area contributed by atoms with Gasteiger partial charge in [0.25, 0.3) is 0 Å². The second kappa shape index (κ2) is 7.62. The van der Waals surface area contributed by atoms with Crippen LogP contribution in [0.15, 0.2) is 54.6 Å². The zero-order valence-electron chi connectivity index (χ0n) is 14.5. The lowest BCUT2D eigenvalue weighted by atomic mass is 10.1. The van der Waals surface area contributed by atoms with E-state index in [0.29, 0.717) is 17.5 Å². The molecule has 0 aliphatic heterocycles. The van der Waals surface area contributed by atoms with Crippen molar-refractivity contribution in [3.05, 3.63) is 66.0 Å². The van der Waals surface area contributed by atoms with Crippen LogP contribution in [0.3, 0.4) is 0 Å². The van der Waals surface area contributed by atoms with Gasteiger partial charge in [0.2, 0.25) is 5.95 Å². The highest BCUT2D eigenvalue weighted by Crippen LogP contribution is 2.26. The van der Waals surface area contributed by atoms with E-state index in [9.17, 15) is 9.65 Å². The summed E-state index contributed by atoms with van der Waals surface area (Å²) in [5.41, 5.74) is 1.97. The van der Waals surface area contributed by atoms with Gasteiger partial charge in [0.15, 0.2) is 0 Å². The molecule has 1 aromatic heterocycles. The fourth-order valence-electron chi connectivity index (χ4n) is 2.47. The average molecular weight is 347 g/mol. The van der Waals surface area contributed by atoms with Gasteiger partial charge in [0.1, 0.15) is 23.3 Å². The van der Waals surface area contributed by atoms with Crippen molar-refractivity contribution in [3.8, 4) is 17.3 Å². The van der Waals surface area contributed by atoms with Crippen LogP contribution in [0.25, 0.3) is 11.3 Å². The van der Waals surface area contributed by atoms with E-state index in [1.54, 1.807) is 18.2 Å². The summed E-state index contributed by atoms with van der Waals surface area (Å²) in [5.74, 6) is 0.359. The zero-order chi connectivity index (χ0) is 18.5. The highest BCUT2D eigenvalue weighted by atomic mass is 19.1. The standard InChI is InChI=1S/C20H18FN5/c1-13(2)23-20-25-18(14-7-4-3-5-8-14)11-19(26-20)24-17-10-6-9-16(21)15(17)12-22/h3-11,13H,1-2H3,(H2,23,24,25,26). The molecule has 3 rings (SSSR count). The number of rotatable bonds is 5. The van der Waals surface area contributed by atoms with Crippen molar-refractivity contribution in [1.29, 1.82) is 5.26 Å². The van der Waals surface area contributed by atoms with E-state index in [1.807, 2.05) is 50.2 Å². The van der Waals surface area contributed by atoms with Gasteiger partial charge in [-0.15, -0.1) is 0 Å². The Labute approximate surface area is 151 Å². The third-order valence-corrected chi connectivity index (χ3v) is 3.60. The largest absolute Gasteiger partial charge is 0.352 e. The van der Waals surface area contributed by atoms with Crippen LogP contribution in [-0.2, 0) is 0 Å². The predicted octanol–water partition coefficient (Wildman–Crippen LogP) is 4.72. The lowest BCUT2D eigenvalue weighted by molar-refractivity contribution is 0.624. The zero-order valence-corrected chi connectivity index (χ0v) is 14.5. The average Bonchev–Trinajstić information content (AvgIpc) is 2.62. The van der Waals surface area contributed by atoms with Crippen LogP contribution < -0.4 is 10.6 Å². The SMILES string of the molecule is CC(C)Nc1nc(Nc2cccc(F)c2C#N)cc(-c2ccccc2)n1. The number of nitriles is 1. The highest BCUT2D eigenvalue weighted by Gasteiger charge is 2.11. The lowest BCUT2D eigenvalue weighted by Gasteiger charge is -2.14. The molecule has 2 aromatic carbocycles. The molecule has 0 unspecified atom stereocenters. The number of nitrogens with one attached hydrogen (secondary N) is 2. The summed E-state index contributed by atoms with van der Waals surface area (Å²) >= 11 is 0. The molecule has 0 atom stereocenters. The fourth-order valence-corrected chi connectivity index (χ4v) is 2.47. The van der Waals surface area contributed by atoms with Crippen LogP contribution in [0, 0.1) is 17.1 Å². The van der Waals surface area contributed by atoms with Gasteiger partial charge in [-0.25, -0.2) is 9.37 Å². The summed E-state index contributed by atoms with van der Waals surface area (Å²) in [4.78, 5) is 8.98. The molecule has 1 heterocycles. The van der Waals surface area contributed by atoms with Crippen LogP contribution in [0.2, 0.25) is 0 Å². The van der Waals surface area contributed by atoms with Gasteiger partial charge >= 0.3 is 0 Å². The van der Waals surface area contributed by atoms with Gasteiger partial charge in [0, 0.05) is 17.7 Å². The van der Waals surface area contributed by atoms with Crippen LogP contribution in [0.4, 0.5) is 21.8 Å². The molecule has 0 saturated heterocycles. The van der Waals surface area contributed by atoms with Crippen LogP contribution >= 0.6 is 0 Å². The number of hydrogen-bond acceptors (Lipinski definition) is 5. The van der Waals surface area contributed by atoms with Gasteiger partial charge in [-0.3, -0.25) is 0 Å². The first kappa shape index (κ1) is 17.4. The molecule has 0 fully saturated rings. The van der Waals surface area contributed by atoms with E-state index in [1.165, 1.54) is 6.07 Å². The van der Waals surface area contributed by atoms with Crippen molar-refractivity contribution in [3.63, 3.8) is 0 Å². The van der Waals surface area contributed by atoms with Crippen molar-refractivity contribution in [1.82, 2.24) is 9.97 Å². The first-order chi connectivity index (χ1) is 12.6. The van der Waals surface area contributed by atoms with E-state index in [0.717, 1.165) is 11.3 Å². The third kappa shape index (κ3) is 3.95. The molecule has 130 valence electrons. The van der Waals surface area contributed by atoms with E-state index in [4.69, 9.17) is 0 Å². The Morgan fingerprint density at radius 2 is 1.81 bits per heavy atom. The number of nitrogens with zero attached hydrogens (tertiary/aromatic N) is 3. The van der Waals surface area contributed by atoms with Gasteiger partial charge in [-0.05, 0) is 26.0 Å². The smallest absolute Gasteiger partial charge is 0.225 e. The molecule has 0 spiro atoms. The number of hydrogen-bond donors (Lipinski definition) is 2.